The van der Waals surface area contributed by atoms with Gasteiger partial charge in [0.1, 0.15) is 0 Å². The third kappa shape index (κ3) is 4.37. The van der Waals surface area contributed by atoms with Crippen LogP contribution in [0.1, 0.15) is 25.8 Å². The third-order valence-corrected chi connectivity index (χ3v) is 3.26. The number of phenols is 1. The molecule has 0 bridgehead atoms. The number of carboxylic acid groups (broad SMARTS) is 1. The number of carbonyl (C=O) groups excluding carboxylic acids is 1. The number of benzene rings is 1. The predicted molar refractivity (Wildman–Crippen MR) is 77.2 cm³/mol. The summed E-state index contributed by atoms with van der Waals surface area (Å²) in [5.74, 6) is -0.897. The third-order valence-electron chi connectivity index (χ3n) is 3.26. The number of hydrogen-bond donors (Lipinski definition) is 2. The summed E-state index contributed by atoms with van der Waals surface area (Å²) in [6.45, 7) is 3.35. The SMILES string of the molecule is COc1cc(CN(C)C(=O)CC(C)(C)C(=O)O)ccc1O. The number of carboxylic acids is 1. The summed E-state index contributed by atoms with van der Waals surface area (Å²) in [6, 6.07) is 4.82. The van der Waals surface area contributed by atoms with E-state index in [-0.39, 0.29) is 18.1 Å². The molecule has 0 spiro atoms. The fourth-order valence-corrected chi connectivity index (χ4v) is 1.77. The van der Waals surface area contributed by atoms with E-state index < -0.39 is 11.4 Å². The molecule has 1 aromatic rings. The molecule has 0 aliphatic heterocycles. The van der Waals surface area contributed by atoms with Crippen molar-refractivity contribution in [2.45, 2.75) is 26.8 Å². The molecule has 0 atom stereocenters. The molecule has 0 aliphatic rings. The first kappa shape index (κ1) is 16.8. The summed E-state index contributed by atoms with van der Waals surface area (Å²) in [4.78, 5) is 24.6. The van der Waals surface area contributed by atoms with Gasteiger partial charge in [0.15, 0.2) is 11.5 Å². The molecule has 1 rings (SSSR count). The van der Waals surface area contributed by atoms with Crippen LogP contribution >= 0.6 is 0 Å². The molecule has 0 saturated heterocycles. The highest BCUT2D eigenvalue weighted by Gasteiger charge is 2.31. The minimum atomic E-state index is -1.10. The number of amides is 1. The van der Waals surface area contributed by atoms with Crippen molar-refractivity contribution in [3.8, 4) is 11.5 Å². The van der Waals surface area contributed by atoms with Crippen molar-refractivity contribution >= 4 is 11.9 Å². The second kappa shape index (κ2) is 6.47. The molecule has 6 heteroatoms. The largest absolute Gasteiger partial charge is 0.504 e. The molecule has 0 unspecified atom stereocenters. The van der Waals surface area contributed by atoms with Gasteiger partial charge in [0.05, 0.1) is 12.5 Å². The Morgan fingerprint density at radius 1 is 1.33 bits per heavy atom. The Hall–Kier alpha value is -2.24. The lowest BCUT2D eigenvalue weighted by atomic mass is 9.89. The van der Waals surface area contributed by atoms with Crippen LogP contribution in [0.25, 0.3) is 0 Å². The van der Waals surface area contributed by atoms with Gasteiger partial charge in [0.2, 0.25) is 5.91 Å². The van der Waals surface area contributed by atoms with Crippen LogP contribution in [0, 0.1) is 5.41 Å². The molecule has 21 heavy (non-hydrogen) atoms. The molecule has 0 radical (unpaired) electrons. The topological polar surface area (TPSA) is 87.1 Å². The van der Waals surface area contributed by atoms with Crippen molar-refractivity contribution in [2.24, 2.45) is 5.41 Å². The minimum absolute atomic E-state index is 0.0299. The highest BCUT2D eigenvalue weighted by atomic mass is 16.5. The Kier molecular flexibility index (Phi) is 5.18. The smallest absolute Gasteiger partial charge is 0.309 e. The van der Waals surface area contributed by atoms with Crippen LogP contribution in [0.4, 0.5) is 0 Å². The van der Waals surface area contributed by atoms with Gasteiger partial charge in [0.25, 0.3) is 0 Å². The van der Waals surface area contributed by atoms with Gasteiger partial charge in [-0.1, -0.05) is 6.07 Å². The summed E-state index contributed by atoms with van der Waals surface area (Å²) in [5, 5.41) is 18.6. The molecule has 1 aromatic carbocycles. The number of nitrogens with zero attached hydrogens (tertiary/aromatic N) is 1. The van der Waals surface area contributed by atoms with Crippen LogP contribution in [0.3, 0.4) is 0 Å². The zero-order valence-corrected chi connectivity index (χ0v) is 12.7. The van der Waals surface area contributed by atoms with Gasteiger partial charge in [-0.2, -0.15) is 0 Å². The average Bonchev–Trinajstić information content (AvgIpc) is 2.40. The van der Waals surface area contributed by atoms with Crippen molar-refractivity contribution < 1.29 is 24.5 Å². The van der Waals surface area contributed by atoms with Gasteiger partial charge in [-0.05, 0) is 31.5 Å². The predicted octanol–water partition coefficient (Wildman–Crippen LogP) is 1.86. The Morgan fingerprint density at radius 2 is 1.95 bits per heavy atom. The molecular formula is C15H21NO5. The van der Waals surface area contributed by atoms with Crippen molar-refractivity contribution in [2.75, 3.05) is 14.2 Å². The normalized spacial score (nSPS) is 11.0. The summed E-state index contributed by atoms with van der Waals surface area (Å²) < 4.78 is 5.01. The zero-order valence-electron chi connectivity index (χ0n) is 12.7. The van der Waals surface area contributed by atoms with Crippen molar-refractivity contribution in [3.05, 3.63) is 23.8 Å². The second-order valence-electron chi connectivity index (χ2n) is 5.62. The van der Waals surface area contributed by atoms with Gasteiger partial charge in [0, 0.05) is 20.0 Å². The first-order valence-corrected chi connectivity index (χ1v) is 6.50. The first-order chi connectivity index (χ1) is 9.67. The Labute approximate surface area is 124 Å². The van der Waals surface area contributed by atoms with Crippen LogP contribution in [0.5, 0.6) is 11.5 Å². The van der Waals surface area contributed by atoms with E-state index in [9.17, 15) is 14.7 Å². The quantitative estimate of drug-likeness (QED) is 0.836. The van der Waals surface area contributed by atoms with Gasteiger partial charge in [-0.25, -0.2) is 0 Å². The summed E-state index contributed by atoms with van der Waals surface area (Å²) in [7, 11) is 3.06. The Bertz CT molecular complexity index is 539. The van der Waals surface area contributed by atoms with Crippen LogP contribution < -0.4 is 4.74 Å². The molecule has 6 nitrogen and oxygen atoms in total. The van der Waals surface area contributed by atoms with Crippen molar-refractivity contribution in [3.63, 3.8) is 0 Å². The number of methoxy groups -OCH3 is 1. The molecular weight excluding hydrogens is 274 g/mol. The maximum atomic E-state index is 12.1. The lowest BCUT2D eigenvalue weighted by molar-refractivity contribution is -0.151. The van der Waals surface area contributed by atoms with Crippen LogP contribution in [-0.4, -0.2) is 41.1 Å². The average molecular weight is 295 g/mol. The van der Waals surface area contributed by atoms with E-state index in [2.05, 4.69) is 0 Å². The lowest BCUT2D eigenvalue weighted by Crippen LogP contribution is -2.34. The van der Waals surface area contributed by atoms with Crippen molar-refractivity contribution in [1.82, 2.24) is 4.90 Å². The monoisotopic (exact) mass is 295 g/mol. The van der Waals surface area contributed by atoms with E-state index in [0.29, 0.717) is 12.3 Å². The van der Waals surface area contributed by atoms with E-state index in [1.807, 2.05) is 0 Å². The van der Waals surface area contributed by atoms with Gasteiger partial charge >= 0.3 is 5.97 Å². The number of aliphatic carboxylic acids is 1. The Morgan fingerprint density at radius 3 is 2.48 bits per heavy atom. The molecule has 1 amide bonds. The van der Waals surface area contributed by atoms with E-state index in [4.69, 9.17) is 9.84 Å². The highest BCUT2D eigenvalue weighted by molar-refractivity contribution is 5.84. The summed E-state index contributed by atoms with van der Waals surface area (Å²) >= 11 is 0. The number of rotatable bonds is 6. The fourth-order valence-electron chi connectivity index (χ4n) is 1.77. The maximum absolute atomic E-state index is 12.1. The van der Waals surface area contributed by atoms with E-state index in [1.54, 1.807) is 19.2 Å². The van der Waals surface area contributed by atoms with Crippen molar-refractivity contribution in [1.29, 1.82) is 0 Å². The molecule has 2 N–H and O–H groups in total. The number of hydrogen-bond acceptors (Lipinski definition) is 4. The van der Waals surface area contributed by atoms with Crippen LogP contribution in [-0.2, 0) is 16.1 Å². The fraction of sp³-hybridized carbons (Fsp3) is 0.467. The molecule has 116 valence electrons. The lowest BCUT2D eigenvalue weighted by Gasteiger charge is -2.23. The zero-order chi connectivity index (χ0) is 16.2. The standard InChI is InChI=1S/C15H21NO5/c1-15(2,14(19)20)8-13(18)16(3)9-10-5-6-11(17)12(7-10)21-4/h5-7,17H,8-9H2,1-4H3,(H,19,20). The second-order valence-corrected chi connectivity index (χ2v) is 5.62. The molecule has 0 fully saturated rings. The Balaban J connectivity index is 2.75. The molecule has 0 aliphatic carbocycles. The molecule has 0 saturated carbocycles. The van der Waals surface area contributed by atoms with E-state index >= 15 is 0 Å². The van der Waals surface area contributed by atoms with E-state index in [1.165, 1.54) is 31.9 Å². The van der Waals surface area contributed by atoms with Gasteiger partial charge in [-0.3, -0.25) is 9.59 Å². The summed E-state index contributed by atoms with van der Waals surface area (Å²) in [5.41, 5.74) is -0.313. The van der Waals surface area contributed by atoms with E-state index in [0.717, 1.165) is 5.56 Å². The molecule has 0 heterocycles. The highest BCUT2D eigenvalue weighted by Crippen LogP contribution is 2.27. The van der Waals surface area contributed by atoms with Crippen LogP contribution in [0.2, 0.25) is 0 Å². The minimum Gasteiger partial charge on any atom is -0.504 e. The number of carbonyl (C=O) groups is 2. The van der Waals surface area contributed by atoms with Gasteiger partial charge < -0.3 is 19.8 Å². The summed E-state index contributed by atoms with van der Waals surface area (Å²) in [6.07, 6.45) is -0.0753. The first-order valence-electron chi connectivity index (χ1n) is 6.50. The maximum Gasteiger partial charge on any atom is 0.309 e. The number of aromatic hydroxyl groups is 1. The van der Waals surface area contributed by atoms with Crippen LogP contribution in [0.15, 0.2) is 18.2 Å². The number of phenolic OH excluding ortho intramolecular Hbond substituents is 1. The molecule has 0 aromatic heterocycles. The van der Waals surface area contributed by atoms with Gasteiger partial charge in [-0.15, -0.1) is 0 Å². The number of ether oxygens (including phenoxy) is 1.